The average molecular weight is 739 g/mol. The van der Waals surface area contributed by atoms with Crippen LogP contribution in [0.15, 0.2) is 152 Å². The molecule has 4 aromatic heterocycles. The fourth-order valence-electron chi connectivity index (χ4n) is 8.64. The summed E-state index contributed by atoms with van der Waals surface area (Å²) in [5.74, 6) is 2.04. The molecule has 0 N–H and O–H groups in total. The zero-order chi connectivity index (χ0) is 36.0. The molecule has 0 atom stereocenters. The Labute approximate surface area is 324 Å². The van der Waals surface area contributed by atoms with Crippen LogP contribution in [0.4, 0.5) is 0 Å². The molecule has 0 amide bonds. The van der Waals surface area contributed by atoms with Crippen molar-refractivity contribution in [3.05, 3.63) is 162 Å². The third-order valence-electron chi connectivity index (χ3n) is 11.1. The van der Waals surface area contributed by atoms with E-state index in [1.54, 1.807) is 0 Å². The zero-order valence-electron chi connectivity index (χ0n) is 29.5. The summed E-state index contributed by atoms with van der Waals surface area (Å²) >= 11 is 3.67. The molecular formula is C49H30N4S2. The molecule has 0 saturated carbocycles. The van der Waals surface area contributed by atoms with Crippen molar-refractivity contribution in [2.24, 2.45) is 0 Å². The van der Waals surface area contributed by atoms with Crippen LogP contribution < -0.4 is 0 Å². The van der Waals surface area contributed by atoms with Gasteiger partial charge in [-0.2, -0.15) is 0 Å². The van der Waals surface area contributed by atoms with Crippen molar-refractivity contribution < 1.29 is 0 Å². The second-order valence-electron chi connectivity index (χ2n) is 14.3. The van der Waals surface area contributed by atoms with Crippen LogP contribution in [0.25, 0.3) is 109 Å². The van der Waals surface area contributed by atoms with E-state index in [4.69, 9.17) is 15.0 Å². The lowest BCUT2D eigenvalue weighted by Gasteiger charge is -2.13. The smallest absolute Gasteiger partial charge is 0.164 e. The summed E-state index contributed by atoms with van der Waals surface area (Å²) in [6.45, 7) is 0. The van der Waals surface area contributed by atoms with Crippen LogP contribution >= 0.6 is 22.7 Å². The molecule has 0 fully saturated rings. The average Bonchev–Trinajstić information content (AvgIpc) is 3.92. The zero-order valence-corrected chi connectivity index (χ0v) is 31.2. The minimum Gasteiger partial charge on any atom is -0.309 e. The summed E-state index contributed by atoms with van der Waals surface area (Å²) in [7, 11) is 0. The molecule has 55 heavy (non-hydrogen) atoms. The highest BCUT2D eigenvalue weighted by molar-refractivity contribution is 7.26. The Hall–Kier alpha value is -6.47. The maximum atomic E-state index is 5.36. The van der Waals surface area contributed by atoms with Crippen LogP contribution in [0.3, 0.4) is 0 Å². The van der Waals surface area contributed by atoms with Gasteiger partial charge in [-0.1, -0.05) is 103 Å². The van der Waals surface area contributed by atoms with E-state index in [0.29, 0.717) is 17.5 Å². The Bertz CT molecular complexity index is 3400. The summed E-state index contributed by atoms with van der Waals surface area (Å²) in [6.07, 6.45) is 6.63. The predicted octanol–water partition coefficient (Wildman–Crippen LogP) is 13.7. The molecule has 0 saturated heterocycles. The third-order valence-corrected chi connectivity index (χ3v) is 13.4. The highest BCUT2D eigenvalue weighted by atomic mass is 32.1. The number of benzene rings is 7. The van der Waals surface area contributed by atoms with E-state index in [-0.39, 0.29) is 0 Å². The first-order valence-corrected chi connectivity index (χ1v) is 20.3. The fraction of sp³-hybridized carbons (Fsp3) is 0.0408. The lowest BCUT2D eigenvalue weighted by Crippen LogP contribution is -2.02. The quantitative estimate of drug-likeness (QED) is 0.181. The van der Waals surface area contributed by atoms with Crippen molar-refractivity contribution in [2.75, 3.05) is 0 Å². The fourth-order valence-corrected chi connectivity index (χ4v) is 11.0. The number of aryl methyl sites for hydroxylation is 1. The number of rotatable bonds is 4. The topological polar surface area (TPSA) is 43.6 Å². The van der Waals surface area contributed by atoms with Gasteiger partial charge in [0, 0.05) is 68.3 Å². The molecule has 7 aromatic carbocycles. The molecule has 0 bridgehead atoms. The highest BCUT2D eigenvalue weighted by Gasteiger charge is 2.22. The maximum absolute atomic E-state index is 5.36. The number of nitrogens with zero attached hydrogens (tertiary/aromatic N) is 4. The van der Waals surface area contributed by atoms with Gasteiger partial charge in [0.05, 0.1) is 11.0 Å². The molecular weight excluding hydrogens is 709 g/mol. The van der Waals surface area contributed by atoms with Gasteiger partial charge in [0.25, 0.3) is 0 Å². The SMILES string of the molecule is C1=Cc2sc3cccc(-c4nc(-c5cccc(-n6c7ccccc7c7cc8ccccc8cc76)c5)nc(-c5cccc6sc7ccccc7c56)n4)c3c2CC1. The minimum atomic E-state index is 0.658. The Morgan fingerprint density at radius 3 is 2.02 bits per heavy atom. The summed E-state index contributed by atoms with van der Waals surface area (Å²) in [5, 5.41) is 8.61. The monoisotopic (exact) mass is 738 g/mol. The first-order valence-electron chi connectivity index (χ1n) is 18.7. The second-order valence-corrected chi connectivity index (χ2v) is 16.4. The minimum absolute atomic E-state index is 0.658. The molecule has 4 heterocycles. The molecule has 6 heteroatoms. The largest absolute Gasteiger partial charge is 0.309 e. The van der Waals surface area contributed by atoms with E-state index >= 15 is 0 Å². The number of aromatic nitrogens is 4. The van der Waals surface area contributed by atoms with E-state index in [2.05, 4.69) is 162 Å². The van der Waals surface area contributed by atoms with Crippen molar-refractivity contribution in [3.8, 4) is 39.9 Å². The summed E-state index contributed by atoms with van der Waals surface area (Å²) in [6, 6.07) is 52.4. The standard InChI is InChI=1S/C49H30N4S2/c1-2-13-30-28-40-38(27-29(30)12-1)33-16-3-6-21-39(33)53(40)32-15-9-14-31(26-32)47-50-48(36-19-10-24-43-45(36)34-17-4-7-22-41(34)54-43)52-49(51-47)37-20-11-25-44-46(37)35-18-5-8-23-42(35)55-44/h1-4,6-17,19-28H,5,18H2. The lowest BCUT2D eigenvalue weighted by atomic mass is 9.97. The van der Waals surface area contributed by atoms with Gasteiger partial charge in [-0.25, -0.2) is 15.0 Å². The third kappa shape index (κ3) is 4.78. The number of allylic oxidation sites excluding steroid dienone is 1. The van der Waals surface area contributed by atoms with E-state index in [0.717, 1.165) is 35.2 Å². The molecule has 0 unspecified atom stereocenters. The van der Waals surface area contributed by atoms with Crippen LogP contribution in [-0.4, -0.2) is 19.5 Å². The van der Waals surface area contributed by atoms with Gasteiger partial charge < -0.3 is 4.57 Å². The lowest BCUT2D eigenvalue weighted by molar-refractivity contribution is 1.00. The first-order chi connectivity index (χ1) is 27.2. The molecule has 11 aromatic rings. The van der Waals surface area contributed by atoms with Gasteiger partial charge in [0.1, 0.15) is 0 Å². The molecule has 258 valence electrons. The van der Waals surface area contributed by atoms with Gasteiger partial charge in [-0.05, 0) is 83.8 Å². The van der Waals surface area contributed by atoms with Gasteiger partial charge in [-0.3, -0.25) is 0 Å². The Balaban J connectivity index is 1.12. The van der Waals surface area contributed by atoms with E-state index in [1.165, 1.54) is 73.3 Å². The van der Waals surface area contributed by atoms with Crippen molar-refractivity contribution in [1.82, 2.24) is 19.5 Å². The van der Waals surface area contributed by atoms with Crippen molar-refractivity contribution in [2.45, 2.75) is 12.8 Å². The highest BCUT2D eigenvalue weighted by Crippen LogP contribution is 2.43. The number of hydrogen-bond acceptors (Lipinski definition) is 5. The molecule has 0 radical (unpaired) electrons. The van der Waals surface area contributed by atoms with Crippen LogP contribution in [0, 0.1) is 0 Å². The van der Waals surface area contributed by atoms with Crippen LogP contribution in [0.5, 0.6) is 0 Å². The van der Waals surface area contributed by atoms with Crippen molar-refractivity contribution >= 4 is 91.6 Å². The summed E-state index contributed by atoms with van der Waals surface area (Å²) < 4.78 is 6.13. The van der Waals surface area contributed by atoms with Gasteiger partial charge in [-0.15, -0.1) is 22.7 Å². The normalized spacial score (nSPS) is 12.9. The molecule has 4 nitrogen and oxygen atoms in total. The number of para-hydroxylation sites is 1. The van der Waals surface area contributed by atoms with Crippen LogP contribution in [-0.2, 0) is 6.42 Å². The first kappa shape index (κ1) is 30.9. The van der Waals surface area contributed by atoms with Gasteiger partial charge >= 0.3 is 0 Å². The number of thiophene rings is 2. The van der Waals surface area contributed by atoms with E-state index in [1.807, 2.05) is 22.7 Å². The Morgan fingerprint density at radius 1 is 0.491 bits per heavy atom. The van der Waals surface area contributed by atoms with Gasteiger partial charge in [0.2, 0.25) is 0 Å². The summed E-state index contributed by atoms with van der Waals surface area (Å²) in [5.41, 5.74) is 7.83. The maximum Gasteiger partial charge on any atom is 0.164 e. The molecule has 12 rings (SSSR count). The van der Waals surface area contributed by atoms with Crippen molar-refractivity contribution in [3.63, 3.8) is 0 Å². The van der Waals surface area contributed by atoms with Crippen LogP contribution in [0.2, 0.25) is 0 Å². The molecule has 0 spiro atoms. The van der Waals surface area contributed by atoms with Crippen molar-refractivity contribution in [1.29, 1.82) is 0 Å². The Kier molecular flexibility index (Phi) is 6.76. The van der Waals surface area contributed by atoms with E-state index in [9.17, 15) is 0 Å². The Morgan fingerprint density at radius 2 is 1.16 bits per heavy atom. The number of hydrogen-bond donors (Lipinski definition) is 0. The summed E-state index contributed by atoms with van der Waals surface area (Å²) in [4.78, 5) is 17.4. The molecule has 1 aliphatic carbocycles. The molecule has 1 aliphatic rings. The van der Waals surface area contributed by atoms with Gasteiger partial charge in [0.15, 0.2) is 17.5 Å². The van der Waals surface area contributed by atoms with Crippen LogP contribution in [0.1, 0.15) is 16.9 Å². The second kappa shape index (κ2) is 12.0. The van der Waals surface area contributed by atoms with E-state index < -0.39 is 0 Å². The predicted molar refractivity (Wildman–Crippen MR) is 234 cm³/mol. The number of fused-ring (bicyclic) bond motifs is 10. The molecule has 0 aliphatic heterocycles.